The van der Waals surface area contributed by atoms with Crippen LogP contribution in [0.25, 0.3) is 10.7 Å². The van der Waals surface area contributed by atoms with Gasteiger partial charge in [0.25, 0.3) is 0 Å². The lowest BCUT2D eigenvalue weighted by atomic mass is 10.2. The van der Waals surface area contributed by atoms with Gasteiger partial charge in [-0.3, -0.25) is 4.79 Å². The molecule has 27 heavy (non-hydrogen) atoms. The second kappa shape index (κ2) is 7.94. The molecule has 1 aromatic carbocycles. The van der Waals surface area contributed by atoms with Gasteiger partial charge in [-0.05, 0) is 28.3 Å². The Hall–Kier alpha value is -2.63. The van der Waals surface area contributed by atoms with Crippen molar-refractivity contribution in [2.24, 2.45) is 0 Å². The average molecular weight is 406 g/mol. The number of aromatic nitrogens is 4. The SMILES string of the molecule is CN(C)S(=O)(=O)c1ccccc1CNC(=O)Cn1nnc(-c2cccs2)n1. The summed E-state index contributed by atoms with van der Waals surface area (Å²) in [5.41, 5.74) is 0.505. The van der Waals surface area contributed by atoms with Crippen molar-refractivity contribution >= 4 is 27.3 Å². The van der Waals surface area contributed by atoms with Gasteiger partial charge in [0.05, 0.1) is 9.77 Å². The molecule has 3 aromatic rings. The van der Waals surface area contributed by atoms with Gasteiger partial charge in [0, 0.05) is 20.6 Å². The van der Waals surface area contributed by atoms with E-state index in [1.165, 1.54) is 36.3 Å². The molecule has 0 fully saturated rings. The van der Waals surface area contributed by atoms with Crippen LogP contribution in [0.2, 0.25) is 0 Å². The highest BCUT2D eigenvalue weighted by molar-refractivity contribution is 7.89. The van der Waals surface area contributed by atoms with Crippen molar-refractivity contribution in [2.45, 2.75) is 18.0 Å². The Morgan fingerprint density at radius 1 is 1.22 bits per heavy atom. The fraction of sp³-hybridized carbons (Fsp3) is 0.250. The first-order chi connectivity index (χ1) is 12.9. The summed E-state index contributed by atoms with van der Waals surface area (Å²) in [4.78, 5) is 14.4. The van der Waals surface area contributed by atoms with Gasteiger partial charge in [-0.25, -0.2) is 12.7 Å². The average Bonchev–Trinajstić information content (AvgIpc) is 3.31. The zero-order valence-electron chi connectivity index (χ0n) is 14.7. The van der Waals surface area contributed by atoms with Gasteiger partial charge in [0.1, 0.15) is 6.54 Å². The summed E-state index contributed by atoms with van der Waals surface area (Å²) in [5.74, 6) is 0.113. The molecule has 0 aliphatic carbocycles. The predicted octanol–water partition coefficient (Wildman–Crippen LogP) is 0.968. The number of hydrogen-bond donors (Lipinski definition) is 1. The molecule has 2 heterocycles. The number of thiophene rings is 1. The smallest absolute Gasteiger partial charge is 0.243 e. The maximum absolute atomic E-state index is 12.4. The van der Waals surface area contributed by atoms with Crippen molar-refractivity contribution in [3.05, 3.63) is 47.3 Å². The Kier molecular flexibility index (Phi) is 5.63. The maximum Gasteiger partial charge on any atom is 0.243 e. The maximum atomic E-state index is 12.4. The second-order valence-corrected chi connectivity index (χ2v) is 8.86. The molecule has 1 N–H and O–H groups in total. The Morgan fingerprint density at radius 2 is 2.00 bits per heavy atom. The van der Waals surface area contributed by atoms with E-state index in [0.717, 1.165) is 9.18 Å². The van der Waals surface area contributed by atoms with Gasteiger partial charge in [0.2, 0.25) is 21.8 Å². The Morgan fingerprint density at radius 3 is 2.70 bits per heavy atom. The van der Waals surface area contributed by atoms with Gasteiger partial charge < -0.3 is 5.32 Å². The molecule has 3 rings (SSSR count). The van der Waals surface area contributed by atoms with E-state index in [9.17, 15) is 13.2 Å². The Labute approximate surface area is 160 Å². The van der Waals surface area contributed by atoms with E-state index in [1.807, 2.05) is 17.5 Å². The minimum absolute atomic E-state index is 0.0779. The highest BCUT2D eigenvalue weighted by Crippen LogP contribution is 2.20. The number of rotatable bonds is 7. The van der Waals surface area contributed by atoms with Crippen LogP contribution < -0.4 is 5.32 Å². The van der Waals surface area contributed by atoms with E-state index in [2.05, 4.69) is 20.7 Å². The number of amides is 1. The van der Waals surface area contributed by atoms with E-state index in [0.29, 0.717) is 11.4 Å². The molecular weight excluding hydrogens is 388 g/mol. The molecule has 142 valence electrons. The van der Waals surface area contributed by atoms with Crippen LogP contribution in [0.1, 0.15) is 5.56 Å². The molecule has 0 aliphatic rings. The van der Waals surface area contributed by atoms with Crippen molar-refractivity contribution in [1.29, 1.82) is 0 Å². The highest BCUT2D eigenvalue weighted by atomic mass is 32.2. The van der Waals surface area contributed by atoms with Gasteiger partial charge in [0.15, 0.2) is 0 Å². The zero-order valence-corrected chi connectivity index (χ0v) is 16.4. The molecule has 1 amide bonds. The van der Waals surface area contributed by atoms with Crippen LogP contribution in [0.15, 0.2) is 46.7 Å². The first kappa shape index (κ1) is 19.1. The Balaban J connectivity index is 1.65. The predicted molar refractivity (Wildman–Crippen MR) is 100 cm³/mol. The summed E-state index contributed by atoms with van der Waals surface area (Å²) in [5, 5.41) is 16.6. The lowest BCUT2D eigenvalue weighted by molar-refractivity contribution is -0.122. The summed E-state index contributed by atoms with van der Waals surface area (Å²) in [7, 11) is -0.664. The van der Waals surface area contributed by atoms with E-state index in [-0.39, 0.29) is 23.9 Å². The molecule has 2 aromatic heterocycles. The van der Waals surface area contributed by atoms with Crippen molar-refractivity contribution in [3.63, 3.8) is 0 Å². The lowest BCUT2D eigenvalue weighted by Crippen LogP contribution is -2.29. The van der Waals surface area contributed by atoms with Crippen LogP contribution in [0.3, 0.4) is 0 Å². The summed E-state index contributed by atoms with van der Waals surface area (Å²) in [6.45, 7) is -0.0322. The van der Waals surface area contributed by atoms with Crippen molar-refractivity contribution in [1.82, 2.24) is 29.8 Å². The monoisotopic (exact) mass is 406 g/mol. The fourth-order valence-electron chi connectivity index (χ4n) is 2.29. The largest absolute Gasteiger partial charge is 0.350 e. The van der Waals surface area contributed by atoms with E-state index < -0.39 is 10.0 Å². The van der Waals surface area contributed by atoms with Gasteiger partial charge in [-0.1, -0.05) is 24.3 Å². The van der Waals surface area contributed by atoms with Crippen LogP contribution in [-0.2, 0) is 27.9 Å². The molecule has 0 spiro atoms. The normalized spacial score (nSPS) is 11.7. The number of hydrogen-bond acceptors (Lipinski definition) is 7. The number of sulfonamides is 1. The van der Waals surface area contributed by atoms with Crippen LogP contribution in [-0.4, -0.2) is 52.9 Å². The minimum atomic E-state index is -3.59. The standard InChI is InChI=1S/C16H18N6O3S2/c1-21(2)27(24,25)14-8-4-3-6-12(14)10-17-15(23)11-22-19-16(18-20-22)13-7-5-9-26-13/h3-9H,10-11H2,1-2H3,(H,17,23). The van der Waals surface area contributed by atoms with Crippen LogP contribution >= 0.6 is 11.3 Å². The fourth-order valence-corrected chi connectivity index (χ4v) is 4.05. The van der Waals surface area contributed by atoms with Crippen molar-refractivity contribution in [2.75, 3.05) is 14.1 Å². The molecule has 0 saturated carbocycles. The molecule has 0 bridgehead atoms. The van der Waals surface area contributed by atoms with E-state index in [1.54, 1.807) is 18.2 Å². The molecule has 0 atom stereocenters. The van der Waals surface area contributed by atoms with Crippen molar-refractivity contribution in [3.8, 4) is 10.7 Å². The molecular formula is C16H18N6O3S2. The molecule has 9 nitrogen and oxygen atoms in total. The zero-order chi connectivity index (χ0) is 19.4. The summed E-state index contributed by atoms with van der Waals surface area (Å²) in [6.07, 6.45) is 0. The molecule has 0 aliphatic heterocycles. The number of carbonyl (C=O) groups excluding carboxylic acids is 1. The topological polar surface area (TPSA) is 110 Å². The third-order valence-corrected chi connectivity index (χ3v) is 6.47. The highest BCUT2D eigenvalue weighted by Gasteiger charge is 2.21. The minimum Gasteiger partial charge on any atom is -0.350 e. The van der Waals surface area contributed by atoms with Crippen LogP contribution in [0.5, 0.6) is 0 Å². The van der Waals surface area contributed by atoms with Crippen molar-refractivity contribution < 1.29 is 13.2 Å². The molecule has 0 radical (unpaired) electrons. The number of benzene rings is 1. The van der Waals surface area contributed by atoms with Gasteiger partial charge >= 0.3 is 0 Å². The Bertz CT molecular complexity index is 1030. The third-order valence-electron chi connectivity index (χ3n) is 3.69. The first-order valence-electron chi connectivity index (χ1n) is 7.97. The molecule has 0 unspecified atom stereocenters. The van der Waals surface area contributed by atoms with Crippen LogP contribution in [0.4, 0.5) is 0 Å². The van der Waals surface area contributed by atoms with E-state index >= 15 is 0 Å². The summed E-state index contributed by atoms with van der Waals surface area (Å²) < 4.78 is 25.9. The molecule has 0 saturated heterocycles. The third kappa shape index (κ3) is 4.38. The number of nitrogens with one attached hydrogen (secondary N) is 1. The van der Waals surface area contributed by atoms with Gasteiger partial charge in [-0.15, -0.1) is 21.5 Å². The van der Waals surface area contributed by atoms with Crippen LogP contribution in [0, 0.1) is 0 Å². The number of tetrazole rings is 1. The summed E-state index contributed by atoms with van der Waals surface area (Å²) in [6, 6.07) is 10.3. The first-order valence-corrected chi connectivity index (χ1v) is 10.3. The van der Waals surface area contributed by atoms with E-state index in [4.69, 9.17) is 0 Å². The summed E-state index contributed by atoms with van der Waals surface area (Å²) >= 11 is 1.48. The number of nitrogens with zero attached hydrogens (tertiary/aromatic N) is 5. The lowest BCUT2D eigenvalue weighted by Gasteiger charge is -2.15. The quantitative estimate of drug-likeness (QED) is 0.626. The van der Waals surface area contributed by atoms with Gasteiger partial charge in [-0.2, -0.15) is 4.80 Å². The number of carbonyl (C=O) groups is 1. The second-order valence-electron chi connectivity index (χ2n) is 5.79. The molecule has 11 heteroatoms.